The van der Waals surface area contributed by atoms with Gasteiger partial charge in [-0.15, -0.1) is 0 Å². The second-order valence-corrected chi connectivity index (χ2v) is 6.39. The monoisotopic (exact) mass is 302 g/mol. The molecule has 0 spiro atoms. The first-order valence-electron chi connectivity index (χ1n) is 7.10. The van der Waals surface area contributed by atoms with Crippen LogP contribution >= 0.6 is 11.8 Å². The zero-order valence-corrected chi connectivity index (χ0v) is 13.0. The first kappa shape index (κ1) is 14.4. The average Bonchev–Trinajstić information content (AvgIpc) is 2.80. The largest absolute Gasteiger partial charge is 0.372 e. The molecule has 2 aliphatic rings. The van der Waals surface area contributed by atoms with Crippen LogP contribution in [0.25, 0.3) is 6.08 Å². The Morgan fingerprint density at radius 3 is 2.57 bits per heavy atom. The molecule has 110 valence electrons. The van der Waals surface area contributed by atoms with Gasteiger partial charge in [0.25, 0.3) is 5.91 Å². The number of morpholine rings is 1. The van der Waals surface area contributed by atoms with Gasteiger partial charge in [-0.05, 0) is 37.2 Å². The lowest BCUT2D eigenvalue weighted by Gasteiger charge is -2.35. The van der Waals surface area contributed by atoms with Crippen LogP contribution < -0.4 is 0 Å². The summed E-state index contributed by atoms with van der Waals surface area (Å²) < 4.78 is 5.72. The average molecular weight is 302 g/mol. The zero-order chi connectivity index (χ0) is 14.8. The van der Waals surface area contributed by atoms with Gasteiger partial charge in [-0.1, -0.05) is 30.3 Å². The van der Waals surface area contributed by atoms with Crippen LogP contribution in [0.3, 0.4) is 0 Å². The Bertz CT molecular complexity index is 588. The van der Waals surface area contributed by atoms with Crippen LogP contribution in [0.1, 0.15) is 19.4 Å². The second kappa shape index (κ2) is 6.03. The van der Waals surface area contributed by atoms with Crippen molar-refractivity contribution < 1.29 is 9.53 Å². The van der Waals surface area contributed by atoms with Gasteiger partial charge >= 0.3 is 0 Å². The van der Waals surface area contributed by atoms with Gasteiger partial charge in [0.1, 0.15) is 0 Å². The molecule has 0 N–H and O–H groups in total. The molecule has 0 radical (unpaired) electrons. The molecule has 0 aromatic heterocycles. The summed E-state index contributed by atoms with van der Waals surface area (Å²) in [5.74, 6) is -0.148. The molecule has 0 aliphatic carbocycles. The summed E-state index contributed by atoms with van der Waals surface area (Å²) in [7, 11) is 0. The summed E-state index contributed by atoms with van der Waals surface area (Å²) in [6.45, 7) is 5.65. The molecule has 5 heteroatoms. The van der Waals surface area contributed by atoms with Gasteiger partial charge in [-0.3, -0.25) is 4.79 Å². The Labute approximate surface area is 128 Å². The van der Waals surface area contributed by atoms with Crippen LogP contribution in [0, 0.1) is 0 Å². The minimum absolute atomic E-state index is 0.148. The van der Waals surface area contributed by atoms with E-state index in [-0.39, 0.29) is 18.1 Å². The molecule has 0 saturated carbocycles. The number of hydrogen-bond acceptors (Lipinski definition) is 4. The van der Waals surface area contributed by atoms with Crippen LogP contribution in [0.2, 0.25) is 0 Å². The fourth-order valence-corrected chi connectivity index (χ4v) is 3.50. The van der Waals surface area contributed by atoms with E-state index < -0.39 is 0 Å². The van der Waals surface area contributed by atoms with E-state index in [9.17, 15) is 4.79 Å². The number of carbonyl (C=O) groups excluding carboxylic acids is 1. The molecule has 1 amide bonds. The van der Waals surface area contributed by atoms with Gasteiger partial charge in [0.05, 0.1) is 17.1 Å². The van der Waals surface area contributed by atoms with Crippen molar-refractivity contribution in [1.29, 1.82) is 0 Å². The number of ether oxygens (including phenoxy) is 1. The van der Waals surface area contributed by atoms with Crippen molar-refractivity contribution in [2.45, 2.75) is 26.1 Å². The van der Waals surface area contributed by atoms with Crippen molar-refractivity contribution in [3.63, 3.8) is 0 Å². The maximum atomic E-state index is 12.1. The number of thioether (sulfide) groups is 1. The molecular formula is C16H18N2O2S. The van der Waals surface area contributed by atoms with Gasteiger partial charge in [-0.2, -0.15) is 4.99 Å². The minimum atomic E-state index is -0.148. The Morgan fingerprint density at radius 2 is 1.90 bits per heavy atom. The molecule has 2 heterocycles. The second-order valence-electron chi connectivity index (χ2n) is 5.38. The highest BCUT2D eigenvalue weighted by Crippen LogP contribution is 2.31. The van der Waals surface area contributed by atoms with E-state index in [2.05, 4.69) is 9.89 Å². The molecule has 1 saturated heterocycles. The van der Waals surface area contributed by atoms with Gasteiger partial charge in [0, 0.05) is 13.1 Å². The summed E-state index contributed by atoms with van der Waals surface area (Å²) in [6, 6.07) is 9.85. The third-order valence-corrected chi connectivity index (χ3v) is 4.44. The maximum Gasteiger partial charge on any atom is 0.286 e. The molecule has 1 aromatic rings. The molecule has 4 nitrogen and oxygen atoms in total. The summed E-state index contributed by atoms with van der Waals surface area (Å²) in [5.41, 5.74) is 1.02. The van der Waals surface area contributed by atoms with Gasteiger partial charge in [0.15, 0.2) is 5.17 Å². The summed E-state index contributed by atoms with van der Waals surface area (Å²) in [4.78, 5) is 19.1. The zero-order valence-electron chi connectivity index (χ0n) is 12.2. The fraction of sp³-hybridized carbons (Fsp3) is 0.375. The summed E-state index contributed by atoms with van der Waals surface area (Å²) >= 11 is 1.46. The first-order valence-corrected chi connectivity index (χ1v) is 7.91. The van der Waals surface area contributed by atoms with Crippen molar-refractivity contribution in [1.82, 2.24) is 4.90 Å². The molecular weight excluding hydrogens is 284 g/mol. The predicted molar refractivity (Wildman–Crippen MR) is 86.0 cm³/mol. The summed E-state index contributed by atoms with van der Waals surface area (Å²) in [5, 5.41) is 0.796. The van der Waals surface area contributed by atoms with E-state index in [1.165, 1.54) is 11.8 Å². The highest BCUT2D eigenvalue weighted by molar-refractivity contribution is 8.18. The van der Waals surface area contributed by atoms with Crippen LogP contribution in [-0.4, -0.2) is 41.3 Å². The molecule has 1 aromatic carbocycles. The minimum Gasteiger partial charge on any atom is -0.372 e. The number of amides is 1. The van der Waals surface area contributed by atoms with Crippen LogP contribution in [0.15, 0.2) is 40.2 Å². The van der Waals surface area contributed by atoms with E-state index in [1.807, 2.05) is 50.3 Å². The molecule has 2 aliphatic heterocycles. The van der Waals surface area contributed by atoms with E-state index in [0.29, 0.717) is 4.91 Å². The third kappa shape index (κ3) is 3.36. The summed E-state index contributed by atoms with van der Waals surface area (Å²) in [6.07, 6.45) is 2.22. The molecule has 0 bridgehead atoms. The van der Waals surface area contributed by atoms with Crippen LogP contribution in [0.5, 0.6) is 0 Å². The Balaban J connectivity index is 1.74. The lowest BCUT2D eigenvalue weighted by Crippen LogP contribution is -2.47. The van der Waals surface area contributed by atoms with E-state index in [4.69, 9.17) is 4.74 Å². The molecule has 2 atom stereocenters. The predicted octanol–water partition coefficient (Wildman–Crippen LogP) is 2.77. The number of aliphatic imine (C=N–C) groups is 1. The van der Waals surface area contributed by atoms with E-state index in [1.54, 1.807) is 0 Å². The Kier molecular flexibility index (Phi) is 4.12. The molecule has 0 unspecified atom stereocenters. The maximum absolute atomic E-state index is 12.1. The molecule has 21 heavy (non-hydrogen) atoms. The highest BCUT2D eigenvalue weighted by Gasteiger charge is 2.30. The van der Waals surface area contributed by atoms with Crippen molar-refractivity contribution in [3.05, 3.63) is 40.8 Å². The number of amidine groups is 1. The van der Waals surface area contributed by atoms with Crippen molar-refractivity contribution in [2.24, 2.45) is 4.99 Å². The van der Waals surface area contributed by atoms with Crippen molar-refractivity contribution in [2.75, 3.05) is 13.1 Å². The topological polar surface area (TPSA) is 41.9 Å². The number of nitrogens with zero attached hydrogens (tertiary/aromatic N) is 2. The number of rotatable bonds is 1. The molecule has 3 rings (SSSR count). The number of benzene rings is 1. The van der Waals surface area contributed by atoms with Gasteiger partial charge in [-0.25, -0.2) is 0 Å². The highest BCUT2D eigenvalue weighted by atomic mass is 32.2. The Hall–Kier alpha value is -1.59. The standard InChI is InChI=1S/C16H18N2O2S/c1-11-9-18(10-12(2)20-11)16-17-15(19)14(21-16)8-13-6-4-3-5-7-13/h3-8,11-12H,9-10H2,1-2H3/b14-8-/t11-,12+. The fourth-order valence-electron chi connectivity index (χ4n) is 2.57. The van der Waals surface area contributed by atoms with Crippen LogP contribution in [-0.2, 0) is 9.53 Å². The Morgan fingerprint density at radius 1 is 1.24 bits per heavy atom. The number of carbonyl (C=O) groups is 1. The van der Waals surface area contributed by atoms with Gasteiger partial charge < -0.3 is 9.64 Å². The third-order valence-electron chi connectivity index (χ3n) is 3.40. The van der Waals surface area contributed by atoms with E-state index in [0.717, 1.165) is 23.8 Å². The molecule has 1 fully saturated rings. The SMILES string of the molecule is C[C@@H]1CN(C2=NC(=O)/C(=C/c3ccccc3)S2)C[C@H](C)O1. The van der Waals surface area contributed by atoms with Gasteiger partial charge in [0.2, 0.25) is 0 Å². The van der Waals surface area contributed by atoms with E-state index >= 15 is 0 Å². The number of hydrogen-bond donors (Lipinski definition) is 0. The van der Waals surface area contributed by atoms with Crippen molar-refractivity contribution in [3.8, 4) is 0 Å². The van der Waals surface area contributed by atoms with Crippen LogP contribution in [0.4, 0.5) is 0 Å². The first-order chi connectivity index (χ1) is 10.1. The lowest BCUT2D eigenvalue weighted by atomic mass is 10.2. The quantitative estimate of drug-likeness (QED) is 0.748. The lowest BCUT2D eigenvalue weighted by molar-refractivity contribution is -0.113. The smallest absolute Gasteiger partial charge is 0.286 e. The van der Waals surface area contributed by atoms with Crippen molar-refractivity contribution >= 4 is 28.9 Å². The normalized spacial score (nSPS) is 28.1.